The van der Waals surface area contributed by atoms with Crippen molar-refractivity contribution in [3.05, 3.63) is 34.4 Å². The van der Waals surface area contributed by atoms with Crippen LogP contribution in [0.2, 0.25) is 0 Å². The molecule has 0 saturated heterocycles. The number of Topliss-reactive ketones (excluding diaryl/α,β-unsaturated/α-hetero) is 2. The SMILES string of the molecule is COc1cc(C)c2c(c1)C(=O)C[C@](C)(CC1=C(CC(C)(C)O)C(=O)[C@]3(C)CCC[C@]3(C)C1)O2. The smallest absolute Gasteiger partial charge is 0.170 e. The van der Waals surface area contributed by atoms with Crippen LogP contribution in [0.3, 0.4) is 0 Å². The van der Waals surface area contributed by atoms with Crippen molar-refractivity contribution < 1.29 is 24.2 Å². The first kappa shape index (κ1) is 24.0. The van der Waals surface area contributed by atoms with Gasteiger partial charge >= 0.3 is 0 Å². The predicted octanol–water partition coefficient (Wildman–Crippen LogP) is 5.74. The highest BCUT2D eigenvalue weighted by Gasteiger charge is 2.57. The van der Waals surface area contributed by atoms with Crippen LogP contribution in [0.4, 0.5) is 0 Å². The highest BCUT2D eigenvalue weighted by atomic mass is 16.5. The molecule has 180 valence electrons. The molecule has 4 rings (SSSR count). The molecule has 1 heterocycles. The van der Waals surface area contributed by atoms with Crippen LogP contribution in [0.25, 0.3) is 0 Å². The van der Waals surface area contributed by atoms with E-state index in [9.17, 15) is 14.7 Å². The summed E-state index contributed by atoms with van der Waals surface area (Å²) in [7, 11) is 1.59. The third-order valence-corrected chi connectivity index (χ3v) is 8.41. The van der Waals surface area contributed by atoms with Crippen molar-refractivity contribution in [2.75, 3.05) is 7.11 Å². The second-order valence-electron chi connectivity index (χ2n) is 12.0. The molecule has 3 aliphatic rings. The number of fused-ring (bicyclic) bond motifs is 2. The minimum absolute atomic E-state index is 0.0319. The Kier molecular flexibility index (Phi) is 5.59. The van der Waals surface area contributed by atoms with Gasteiger partial charge in [-0.2, -0.15) is 0 Å². The normalized spacial score (nSPS) is 31.9. The number of hydrogen-bond acceptors (Lipinski definition) is 5. The molecule has 1 aromatic rings. The number of benzene rings is 1. The molecule has 0 amide bonds. The summed E-state index contributed by atoms with van der Waals surface area (Å²) < 4.78 is 11.9. The molecule has 1 saturated carbocycles. The number of rotatable bonds is 5. The number of carbonyl (C=O) groups is 2. The zero-order valence-electron chi connectivity index (χ0n) is 21.2. The van der Waals surface area contributed by atoms with Gasteiger partial charge in [0, 0.05) is 18.3 Å². The molecular formula is C28H38O5. The lowest BCUT2D eigenvalue weighted by Gasteiger charge is -2.48. The second kappa shape index (κ2) is 7.69. The Bertz CT molecular complexity index is 1050. The fourth-order valence-corrected chi connectivity index (χ4v) is 6.43. The topological polar surface area (TPSA) is 72.8 Å². The summed E-state index contributed by atoms with van der Waals surface area (Å²) in [6.45, 7) is 11.8. The molecule has 0 spiro atoms. The van der Waals surface area contributed by atoms with Gasteiger partial charge < -0.3 is 14.6 Å². The zero-order chi connectivity index (χ0) is 24.4. The molecule has 2 aliphatic carbocycles. The van der Waals surface area contributed by atoms with Crippen molar-refractivity contribution in [3.63, 3.8) is 0 Å². The van der Waals surface area contributed by atoms with Crippen molar-refractivity contribution in [1.82, 2.24) is 0 Å². The van der Waals surface area contributed by atoms with E-state index in [1.807, 2.05) is 19.9 Å². The number of hydrogen-bond donors (Lipinski definition) is 1. The number of ketones is 2. The molecule has 33 heavy (non-hydrogen) atoms. The van der Waals surface area contributed by atoms with Crippen LogP contribution < -0.4 is 9.47 Å². The van der Waals surface area contributed by atoms with Gasteiger partial charge in [-0.15, -0.1) is 0 Å². The van der Waals surface area contributed by atoms with Crippen LogP contribution in [0.5, 0.6) is 11.5 Å². The van der Waals surface area contributed by atoms with Gasteiger partial charge in [-0.1, -0.05) is 25.8 Å². The zero-order valence-corrected chi connectivity index (χ0v) is 21.2. The van der Waals surface area contributed by atoms with Gasteiger partial charge in [0.1, 0.15) is 17.1 Å². The van der Waals surface area contributed by atoms with E-state index in [4.69, 9.17) is 9.47 Å². The Morgan fingerprint density at radius 1 is 1.12 bits per heavy atom. The minimum Gasteiger partial charge on any atom is -0.497 e. The standard InChI is InChI=1S/C28H38O5/c1-17-11-19(32-7)12-20-22(29)16-27(5,33-23(17)20)14-18-13-26(4)9-8-10-28(26,6)24(30)21(18)15-25(2,3)31/h11-12,31H,8-10,13-16H2,1-7H3/t26-,27+,28+/m1/s1. The summed E-state index contributed by atoms with van der Waals surface area (Å²) in [5, 5.41) is 10.6. The molecular weight excluding hydrogens is 416 g/mol. The Balaban J connectivity index is 1.74. The Hall–Kier alpha value is -2.14. The first-order valence-corrected chi connectivity index (χ1v) is 12.1. The molecule has 3 atom stereocenters. The van der Waals surface area contributed by atoms with Crippen LogP contribution in [0, 0.1) is 17.8 Å². The Labute approximate surface area is 197 Å². The van der Waals surface area contributed by atoms with Crippen molar-refractivity contribution in [2.24, 2.45) is 10.8 Å². The summed E-state index contributed by atoms with van der Waals surface area (Å²) >= 11 is 0. The number of aryl methyl sites for hydroxylation is 1. The fourth-order valence-electron chi connectivity index (χ4n) is 6.43. The summed E-state index contributed by atoms with van der Waals surface area (Å²) in [6.07, 6.45) is 4.84. The predicted molar refractivity (Wildman–Crippen MR) is 128 cm³/mol. The van der Waals surface area contributed by atoms with Crippen molar-refractivity contribution >= 4 is 11.6 Å². The lowest BCUT2D eigenvalue weighted by atomic mass is 9.56. The molecule has 5 heteroatoms. The highest BCUT2D eigenvalue weighted by Crippen LogP contribution is 2.61. The number of aliphatic hydroxyl groups is 1. The molecule has 1 aromatic carbocycles. The van der Waals surface area contributed by atoms with E-state index in [0.717, 1.165) is 42.4 Å². The third-order valence-electron chi connectivity index (χ3n) is 8.41. The molecule has 1 aliphatic heterocycles. The maximum atomic E-state index is 13.9. The van der Waals surface area contributed by atoms with E-state index in [-0.39, 0.29) is 28.8 Å². The lowest BCUT2D eigenvalue weighted by molar-refractivity contribution is -0.131. The highest BCUT2D eigenvalue weighted by molar-refractivity contribution is 6.03. The maximum absolute atomic E-state index is 13.9. The van der Waals surface area contributed by atoms with Crippen LogP contribution in [-0.4, -0.2) is 35.0 Å². The van der Waals surface area contributed by atoms with Gasteiger partial charge in [-0.3, -0.25) is 9.59 Å². The van der Waals surface area contributed by atoms with Gasteiger partial charge in [0.25, 0.3) is 0 Å². The van der Waals surface area contributed by atoms with Crippen LogP contribution in [0.15, 0.2) is 23.3 Å². The summed E-state index contributed by atoms with van der Waals surface area (Å²) in [4.78, 5) is 27.0. The molecule has 0 unspecified atom stereocenters. The number of ether oxygens (including phenoxy) is 2. The summed E-state index contributed by atoms with van der Waals surface area (Å²) in [5.74, 6) is 1.47. The van der Waals surface area contributed by atoms with Gasteiger partial charge in [-0.25, -0.2) is 0 Å². The lowest BCUT2D eigenvalue weighted by Crippen LogP contribution is -2.47. The van der Waals surface area contributed by atoms with E-state index >= 15 is 0 Å². The average Bonchev–Trinajstić information content (AvgIpc) is 3.00. The van der Waals surface area contributed by atoms with Gasteiger partial charge in [0.05, 0.1) is 24.7 Å². The maximum Gasteiger partial charge on any atom is 0.170 e. The molecule has 0 aromatic heterocycles. The Morgan fingerprint density at radius 2 is 1.82 bits per heavy atom. The fraction of sp³-hybridized carbons (Fsp3) is 0.643. The second-order valence-corrected chi connectivity index (χ2v) is 12.0. The van der Waals surface area contributed by atoms with E-state index < -0.39 is 11.2 Å². The van der Waals surface area contributed by atoms with Crippen molar-refractivity contribution in [1.29, 1.82) is 0 Å². The van der Waals surface area contributed by atoms with Gasteiger partial charge in [0.2, 0.25) is 0 Å². The first-order valence-electron chi connectivity index (χ1n) is 12.1. The van der Waals surface area contributed by atoms with Crippen LogP contribution in [-0.2, 0) is 4.79 Å². The van der Waals surface area contributed by atoms with Crippen molar-refractivity contribution in [2.45, 2.75) is 97.7 Å². The molecule has 0 bridgehead atoms. The minimum atomic E-state index is -0.983. The quantitative estimate of drug-likeness (QED) is 0.614. The van der Waals surface area contributed by atoms with Gasteiger partial charge in [0.15, 0.2) is 11.6 Å². The van der Waals surface area contributed by atoms with Crippen molar-refractivity contribution in [3.8, 4) is 11.5 Å². The van der Waals surface area contributed by atoms with Crippen LogP contribution in [0.1, 0.15) is 95.5 Å². The monoisotopic (exact) mass is 454 g/mol. The first-order chi connectivity index (χ1) is 15.2. The summed E-state index contributed by atoms with van der Waals surface area (Å²) in [6, 6.07) is 3.63. The third kappa shape index (κ3) is 4.03. The van der Waals surface area contributed by atoms with E-state index in [1.165, 1.54) is 0 Å². The van der Waals surface area contributed by atoms with Gasteiger partial charge in [-0.05, 0) is 75.6 Å². The van der Waals surface area contributed by atoms with E-state index in [0.29, 0.717) is 29.9 Å². The molecule has 5 nitrogen and oxygen atoms in total. The van der Waals surface area contributed by atoms with Crippen LogP contribution >= 0.6 is 0 Å². The van der Waals surface area contributed by atoms with E-state index in [2.05, 4.69) is 13.8 Å². The molecule has 1 fully saturated rings. The largest absolute Gasteiger partial charge is 0.497 e. The summed E-state index contributed by atoms with van der Waals surface area (Å²) in [5.41, 5.74) is 1.01. The number of carbonyl (C=O) groups excluding carboxylic acids is 2. The van der Waals surface area contributed by atoms with E-state index in [1.54, 1.807) is 27.0 Å². The molecule has 0 radical (unpaired) electrons. The number of methoxy groups -OCH3 is 1. The average molecular weight is 455 g/mol. The Morgan fingerprint density at radius 3 is 2.45 bits per heavy atom. The molecule has 1 N–H and O–H groups in total.